The van der Waals surface area contributed by atoms with E-state index in [1.807, 2.05) is 13.8 Å². The fourth-order valence-electron chi connectivity index (χ4n) is 2.05. The highest BCUT2D eigenvalue weighted by molar-refractivity contribution is 8.76. The summed E-state index contributed by atoms with van der Waals surface area (Å²) in [5.74, 6) is 6.26. The van der Waals surface area contributed by atoms with Gasteiger partial charge in [-0.3, -0.25) is 0 Å². The van der Waals surface area contributed by atoms with Gasteiger partial charge in [0, 0.05) is 24.0 Å². The second-order valence-corrected chi connectivity index (χ2v) is 8.98. The zero-order chi connectivity index (χ0) is 19.9. The van der Waals surface area contributed by atoms with Gasteiger partial charge in [-0.1, -0.05) is 66.3 Å². The Balaban J connectivity index is 2.00. The van der Waals surface area contributed by atoms with Gasteiger partial charge in [-0.25, -0.2) is 4.79 Å². The van der Waals surface area contributed by atoms with Crippen molar-refractivity contribution in [2.24, 2.45) is 5.92 Å². The lowest BCUT2D eigenvalue weighted by Gasteiger charge is -2.12. The Kier molecular flexibility index (Phi) is 13.0. The highest BCUT2D eigenvalue weighted by Gasteiger charge is 2.05. The number of hydrogen-bond donors (Lipinski definition) is 2. The third-order valence-corrected chi connectivity index (χ3v) is 6.20. The summed E-state index contributed by atoms with van der Waals surface area (Å²) in [7, 11) is 3.47. The number of aryl methyl sites for hydroxylation is 1. The average Bonchev–Trinajstić information content (AvgIpc) is 2.66. The van der Waals surface area contributed by atoms with Crippen molar-refractivity contribution in [1.29, 1.82) is 0 Å². The zero-order valence-electron chi connectivity index (χ0n) is 16.8. The van der Waals surface area contributed by atoms with E-state index >= 15 is 0 Å². The Morgan fingerprint density at radius 2 is 1.89 bits per heavy atom. The van der Waals surface area contributed by atoms with Crippen LogP contribution in [0.1, 0.15) is 46.1 Å². The molecule has 0 aromatic heterocycles. The van der Waals surface area contributed by atoms with Crippen LogP contribution in [-0.4, -0.2) is 31.2 Å². The van der Waals surface area contributed by atoms with Gasteiger partial charge in [-0.15, -0.1) is 0 Å². The number of ether oxygens (including phenoxy) is 1. The topological polar surface area (TPSA) is 50.4 Å². The van der Waals surface area contributed by atoms with Crippen molar-refractivity contribution in [3.8, 4) is 11.8 Å². The molecule has 1 aromatic rings. The molecule has 0 bridgehead atoms. The average molecular weight is 409 g/mol. The van der Waals surface area contributed by atoms with Crippen molar-refractivity contribution < 1.29 is 9.53 Å². The molecule has 1 unspecified atom stereocenters. The van der Waals surface area contributed by atoms with E-state index in [1.165, 1.54) is 10.5 Å². The van der Waals surface area contributed by atoms with Crippen LogP contribution in [0.2, 0.25) is 0 Å². The summed E-state index contributed by atoms with van der Waals surface area (Å²) in [4.78, 5) is 12.8. The number of carbonyl (C=O) groups is 1. The van der Waals surface area contributed by atoms with E-state index in [0.717, 1.165) is 19.3 Å². The number of amides is 2. The molecular formula is C21H32N2O2S2. The van der Waals surface area contributed by atoms with Crippen LogP contribution in [-0.2, 0) is 11.2 Å². The largest absolute Gasteiger partial charge is 0.367 e. The van der Waals surface area contributed by atoms with Crippen LogP contribution < -0.4 is 10.6 Å². The number of benzene rings is 1. The number of hydrogen-bond acceptors (Lipinski definition) is 4. The van der Waals surface area contributed by atoms with Gasteiger partial charge in [0.2, 0.25) is 0 Å². The molecule has 0 radical (unpaired) electrons. The van der Waals surface area contributed by atoms with Gasteiger partial charge >= 0.3 is 6.03 Å². The van der Waals surface area contributed by atoms with E-state index in [-0.39, 0.29) is 11.5 Å². The quantitative estimate of drug-likeness (QED) is 0.232. The normalized spacial score (nSPS) is 11.6. The summed E-state index contributed by atoms with van der Waals surface area (Å²) in [6, 6.07) is 8.51. The van der Waals surface area contributed by atoms with Gasteiger partial charge in [0.25, 0.3) is 0 Å². The minimum atomic E-state index is -0.164. The lowest BCUT2D eigenvalue weighted by molar-refractivity contribution is 0.121. The van der Waals surface area contributed by atoms with Crippen molar-refractivity contribution >= 4 is 27.6 Å². The van der Waals surface area contributed by atoms with E-state index in [2.05, 4.69) is 60.6 Å². The van der Waals surface area contributed by atoms with Gasteiger partial charge in [-0.05, 0) is 43.9 Å². The third kappa shape index (κ3) is 12.7. The second-order valence-electron chi connectivity index (χ2n) is 6.41. The van der Waals surface area contributed by atoms with Gasteiger partial charge in [0.1, 0.15) is 5.44 Å². The molecule has 0 fully saturated rings. The Hall–Kier alpha value is -1.29. The number of carbonyl (C=O) groups excluding carboxylic acids is 1. The van der Waals surface area contributed by atoms with Crippen molar-refractivity contribution in [1.82, 2.24) is 10.6 Å². The molecule has 0 aliphatic carbocycles. The molecule has 0 heterocycles. The first-order valence-corrected chi connectivity index (χ1v) is 11.8. The molecule has 1 atom stereocenters. The van der Waals surface area contributed by atoms with Crippen LogP contribution in [0.25, 0.3) is 0 Å². The van der Waals surface area contributed by atoms with Crippen molar-refractivity contribution in [2.75, 3.05) is 19.7 Å². The summed E-state index contributed by atoms with van der Waals surface area (Å²) < 4.78 is 5.81. The fraction of sp³-hybridized carbons (Fsp3) is 0.571. The van der Waals surface area contributed by atoms with Crippen molar-refractivity contribution in [3.63, 3.8) is 0 Å². The van der Waals surface area contributed by atoms with Crippen molar-refractivity contribution in [3.05, 3.63) is 29.8 Å². The van der Waals surface area contributed by atoms with Crippen LogP contribution in [0.5, 0.6) is 0 Å². The highest BCUT2D eigenvalue weighted by atomic mass is 33.1. The summed E-state index contributed by atoms with van der Waals surface area (Å²) in [6.45, 7) is 10.0. The van der Waals surface area contributed by atoms with Gasteiger partial charge in [-0.2, -0.15) is 0 Å². The number of rotatable bonds is 11. The van der Waals surface area contributed by atoms with Crippen LogP contribution in [0.3, 0.4) is 0 Å². The first-order valence-electron chi connectivity index (χ1n) is 9.55. The summed E-state index contributed by atoms with van der Waals surface area (Å²) in [5.41, 5.74) is 1.50. The maximum atomic E-state index is 11.6. The highest BCUT2D eigenvalue weighted by Crippen LogP contribution is 2.34. The Bertz CT molecular complexity index is 594. The smallest absolute Gasteiger partial charge is 0.315 e. The predicted molar refractivity (Wildman–Crippen MR) is 118 cm³/mol. The van der Waals surface area contributed by atoms with Crippen LogP contribution >= 0.6 is 21.6 Å². The standard InChI is InChI=1S/C21H32N2O2S2/c1-5-19-10-12-20(13-11-19)27-26-18(4)25-16-7-6-14-22-21(24)23-15-8-9-17(2)3/h10-13,17-18H,5-7,14-16H2,1-4H3,(H2,22,23,24). The molecule has 2 amide bonds. The Morgan fingerprint density at radius 3 is 2.56 bits per heavy atom. The summed E-state index contributed by atoms with van der Waals surface area (Å²) in [6.07, 6.45) is 2.89. The molecule has 0 spiro atoms. The van der Waals surface area contributed by atoms with E-state index < -0.39 is 0 Å². The third-order valence-electron chi connectivity index (χ3n) is 3.55. The zero-order valence-corrected chi connectivity index (χ0v) is 18.5. The van der Waals surface area contributed by atoms with Gasteiger partial charge in [0.15, 0.2) is 0 Å². The molecular weight excluding hydrogens is 376 g/mol. The number of urea groups is 1. The van der Waals surface area contributed by atoms with Crippen LogP contribution in [0.4, 0.5) is 4.79 Å². The SMILES string of the molecule is CCc1ccc(SSC(C)OCCCCNC(=O)NCC#CC(C)C)cc1. The predicted octanol–water partition coefficient (Wildman–Crippen LogP) is 5.09. The maximum absolute atomic E-state index is 11.6. The van der Waals surface area contributed by atoms with Crippen LogP contribution in [0.15, 0.2) is 29.2 Å². The first kappa shape index (κ1) is 23.7. The molecule has 0 aliphatic heterocycles. The molecule has 27 heavy (non-hydrogen) atoms. The minimum Gasteiger partial charge on any atom is -0.367 e. The van der Waals surface area contributed by atoms with E-state index in [0.29, 0.717) is 25.6 Å². The fourth-order valence-corrected chi connectivity index (χ4v) is 3.94. The first-order chi connectivity index (χ1) is 13.0. The molecule has 0 saturated carbocycles. The molecule has 2 N–H and O–H groups in total. The Labute approximate surface area is 172 Å². The summed E-state index contributed by atoms with van der Waals surface area (Å²) in [5, 5.41) is 5.56. The van der Waals surface area contributed by atoms with Crippen molar-refractivity contribution in [2.45, 2.75) is 57.3 Å². The van der Waals surface area contributed by atoms with E-state index in [4.69, 9.17) is 4.74 Å². The molecule has 0 aliphatic rings. The second kappa shape index (κ2) is 14.7. The maximum Gasteiger partial charge on any atom is 0.315 e. The molecule has 1 rings (SSSR count). The van der Waals surface area contributed by atoms with Gasteiger partial charge < -0.3 is 15.4 Å². The number of unbranched alkanes of at least 4 members (excludes halogenated alkanes) is 1. The number of nitrogens with one attached hydrogen (secondary N) is 2. The van der Waals surface area contributed by atoms with E-state index in [9.17, 15) is 4.79 Å². The molecule has 150 valence electrons. The monoisotopic (exact) mass is 408 g/mol. The molecule has 4 nitrogen and oxygen atoms in total. The van der Waals surface area contributed by atoms with Gasteiger partial charge in [0.05, 0.1) is 6.54 Å². The molecule has 1 aromatic carbocycles. The lowest BCUT2D eigenvalue weighted by Crippen LogP contribution is -2.36. The summed E-state index contributed by atoms with van der Waals surface area (Å²) >= 11 is 0. The molecule has 0 saturated heterocycles. The lowest BCUT2D eigenvalue weighted by atomic mass is 10.2. The van der Waals surface area contributed by atoms with Crippen LogP contribution in [0, 0.1) is 17.8 Å². The van der Waals surface area contributed by atoms with E-state index in [1.54, 1.807) is 21.6 Å². The Morgan fingerprint density at radius 1 is 1.15 bits per heavy atom. The minimum absolute atomic E-state index is 0.136. The molecule has 6 heteroatoms.